The summed E-state index contributed by atoms with van der Waals surface area (Å²) in [5.41, 5.74) is 0.0428. The lowest BCUT2D eigenvalue weighted by Gasteiger charge is -2.34. The van der Waals surface area contributed by atoms with Crippen molar-refractivity contribution in [2.24, 2.45) is 0 Å². The lowest BCUT2D eigenvalue weighted by molar-refractivity contribution is -0.0468. The van der Waals surface area contributed by atoms with Crippen LogP contribution in [0.4, 0.5) is 0 Å². The molecule has 0 fully saturated rings. The Morgan fingerprint density at radius 2 is 1.58 bits per heavy atom. The normalized spacial score (nSPS) is 13.9. The standard InChI is InChI=1S/C16H36N2O/c1-13(2)17-15(5,6)10-11-19-16(7,8)12-18(9)14(3)4/h13-14,17H,10-12H2,1-9H3. The van der Waals surface area contributed by atoms with Crippen LogP contribution in [0.2, 0.25) is 0 Å². The van der Waals surface area contributed by atoms with Crippen LogP contribution in [0, 0.1) is 0 Å². The van der Waals surface area contributed by atoms with E-state index in [0.29, 0.717) is 12.1 Å². The number of nitrogens with zero attached hydrogens (tertiary/aromatic N) is 1. The van der Waals surface area contributed by atoms with Crippen LogP contribution < -0.4 is 5.32 Å². The van der Waals surface area contributed by atoms with E-state index < -0.39 is 0 Å². The third-order valence-electron chi connectivity index (χ3n) is 3.41. The van der Waals surface area contributed by atoms with E-state index in [2.05, 4.69) is 72.7 Å². The monoisotopic (exact) mass is 272 g/mol. The van der Waals surface area contributed by atoms with Gasteiger partial charge in [-0.15, -0.1) is 0 Å². The predicted octanol–water partition coefficient (Wildman–Crippen LogP) is 3.29. The molecule has 0 spiro atoms. The molecule has 0 bridgehead atoms. The summed E-state index contributed by atoms with van der Waals surface area (Å²) >= 11 is 0. The van der Waals surface area contributed by atoms with E-state index in [1.807, 2.05) is 0 Å². The van der Waals surface area contributed by atoms with Crippen LogP contribution in [0.15, 0.2) is 0 Å². The van der Waals surface area contributed by atoms with Crippen molar-refractivity contribution < 1.29 is 4.74 Å². The van der Waals surface area contributed by atoms with E-state index in [1.165, 1.54) is 0 Å². The van der Waals surface area contributed by atoms with Crippen molar-refractivity contribution in [3.63, 3.8) is 0 Å². The van der Waals surface area contributed by atoms with E-state index in [4.69, 9.17) is 4.74 Å². The maximum atomic E-state index is 6.09. The molecular formula is C16H36N2O. The van der Waals surface area contributed by atoms with Crippen LogP contribution in [0.3, 0.4) is 0 Å². The summed E-state index contributed by atoms with van der Waals surface area (Å²) in [6.07, 6.45) is 1.03. The lowest BCUT2D eigenvalue weighted by Crippen LogP contribution is -2.46. The van der Waals surface area contributed by atoms with Crippen LogP contribution in [0.5, 0.6) is 0 Å². The van der Waals surface area contributed by atoms with Gasteiger partial charge in [-0.3, -0.25) is 0 Å². The summed E-state index contributed by atoms with van der Waals surface area (Å²) in [4.78, 5) is 2.33. The molecule has 0 amide bonds. The Morgan fingerprint density at radius 1 is 1.05 bits per heavy atom. The maximum absolute atomic E-state index is 6.09. The van der Waals surface area contributed by atoms with Crippen molar-refractivity contribution in [1.29, 1.82) is 0 Å². The van der Waals surface area contributed by atoms with Gasteiger partial charge in [0.1, 0.15) is 0 Å². The fourth-order valence-electron chi connectivity index (χ4n) is 2.26. The fourth-order valence-corrected chi connectivity index (χ4v) is 2.26. The van der Waals surface area contributed by atoms with Gasteiger partial charge in [0.05, 0.1) is 5.60 Å². The first-order chi connectivity index (χ1) is 8.45. The second kappa shape index (κ2) is 7.61. The number of ether oxygens (including phenoxy) is 1. The minimum atomic E-state index is -0.0903. The molecule has 0 heterocycles. The molecule has 3 heteroatoms. The lowest BCUT2D eigenvalue weighted by atomic mass is 10.00. The Kier molecular flexibility index (Phi) is 7.56. The molecule has 116 valence electrons. The van der Waals surface area contributed by atoms with Gasteiger partial charge in [0, 0.05) is 30.8 Å². The highest BCUT2D eigenvalue weighted by Gasteiger charge is 2.24. The van der Waals surface area contributed by atoms with Gasteiger partial charge < -0.3 is 15.0 Å². The molecule has 0 aliphatic heterocycles. The molecule has 0 radical (unpaired) electrons. The first-order valence-electron chi connectivity index (χ1n) is 7.57. The highest BCUT2D eigenvalue weighted by Crippen LogP contribution is 2.16. The average molecular weight is 272 g/mol. The van der Waals surface area contributed by atoms with Crippen LogP contribution in [0.1, 0.15) is 61.8 Å². The zero-order chi connectivity index (χ0) is 15.3. The first kappa shape index (κ1) is 18.9. The minimum Gasteiger partial charge on any atom is -0.374 e. The highest BCUT2D eigenvalue weighted by atomic mass is 16.5. The van der Waals surface area contributed by atoms with Gasteiger partial charge >= 0.3 is 0 Å². The third kappa shape index (κ3) is 9.42. The Morgan fingerprint density at radius 3 is 2.00 bits per heavy atom. The van der Waals surface area contributed by atoms with E-state index in [1.54, 1.807) is 0 Å². The smallest absolute Gasteiger partial charge is 0.0752 e. The zero-order valence-electron chi connectivity index (χ0n) is 14.6. The van der Waals surface area contributed by atoms with Gasteiger partial charge in [0.25, 0.3) is 0 Å². The van der Waals surface area contributed by atoms with E-state index in [0.717, 1.165) is 19.6 Å². The molecule has 0 rings (SSSR count). The number of likely N-dealkylation sites (N-methyl/N-ethyl adjacent to an activating group) is 1. The summed E-state index contributed by atoms with van der Waals surface area (Å²) in [6, 6.07) is 1.07. The predicted molar refractivity (Wildman–Crippen MR) is 84.8 cm³/mol. The number of nitrogens with one attached hydrogen (secondary N) is 1. The second-order valence-electron chi connectivity index (χ2n) is 7.55. The van der Waals surface area contributed by atoms with E-state index >= 15 is 0 Å². The first-order valence-corrected chi connectivity index (χ1v) is 7.57. The summed E-state index contributed by atoms with van der Waals surface area (Å²) in [5, 5.41) is 3.57. The van der Waals surface area contributed by atoms with Crippen LogP contribution >= 0.6 is 0 Å². The minimum absolute atomic E-state index is 0.0903. The van der Waals surface area contributed by atoms with Gasteiger partial charge in [-0.25, -0.2) is 0 Å². The molecular weight excluding hydrogens is 236 g/mol. The molecule has 0 aliphatic carbocycles. The zero-order valence-corrected chi connectivity index (χ0v) is 14.6. The Balaban J connectivity index is 4.11. The molecule has 0 aliphatic rings. The highest BCUT2D eigenvalue weighted by molar-refractivity contribution is 4.80. The van der Waals surface area contributed by atoms with Gasteiger partial charge in [-0.1, -0.05) is 13.8 Å². The largest absolute Gasteiger partial charge is 0.374 e. The van der Waals surface area contributed by atoms with Crippen LogP contribution in [-0.2, 0) is 4.74 Å². The van der Waals surface area contributed by atoms with Crippen LogP contribution in [0.25, 0.3) is 0 Å². The van der Waals surface area contributed by atoms with Gasteiger partial charge in [-0.2, -0.15) is 0 Å². The van der Waals surface area contributed by atoms with Crippen molar-refractivity contribution >= 4 is 0 Å². The summed E-state index contributed by atoms with van der Waals surface area (Å²) < 4.78 is 6.09. The Hall–Kier alpha value is -0.120. The fraction of sp³-hybridized carbons (Fsp3) is 1.00. The number of hydrogen-bond donors (Lipinski definition) is 1. The molecule has 1 N–H and O–H groups in total. The average Bonchev–Trinajstić information content (AvgIpc) is 2.12. The molecule has 19 heavy (non-hydrogen) atoms. The SMILES string of the molecule is CC(C)NC(C)(C)CCOC(C)(C)CN(C)C(C)C. The molecule has 0 aromatic carbocycles. The van der Waals surface area contributed by atoms with Crippen molar-refractivity contribution in [1.82, 2.24) is 10.2 Å². The Labute approximate surface area is 121 Å². The topological polar surface area (TPSA) is 24.5 Å². The summed E-state index contributed by atoms with van der Waals surface area (Å²) in [7, 11) is 2.15. The van der Waals surface area contributed by atoms with Gasteiger partial charge in [0.15, 0.2) is 0 Å². The molecule has 0 aromatic heterocycles. The molecule has 0 aromatic rings. The molecule has 0 saturated carbocycles. The molecule has 0 atom stereocenters. The molecule has 0 unspecified atom stereocenters. The quantitative estimate of drug-likeness (QED) is 0.697. The van der Waals surface area contributed by atoms with E-state index in [9.17, 15) is 0 Å². The maximum Gasteiger partial charge on any atom is 0.0752 e. The van der Waals surface area contributed by atoms with Crippen molar-refractivity contribution in [2.75, 3.05) is 20.2 Å². The summed E-state index contributed by atoms with van der Waals surface area (Å²) in [5.74, 6) is 0. The van der Waals surface area contributed by atoms with Gasteiger partial charge in [0.2, 0.25) is 0 Å². The van der Waals surface area contributed by atoms with Gasteiger partial charge in [-0.05, 0) is 55.0 Å². The second-order valence-corrected chi connectivity index (χ2v) is 7.55. The molecule has 3 nitrogen and oxygen atoms in total. The van der Waals surface area contributed by atoms with Crippen molar-refractivity contribution in [3.05, 3.63) is 0 Å². The number of hydrogen-bond acceptors (Lipinski definition) is 3. The Bertz CT molecular complexity index is 247. The number of rotatable bonds is 9. The van der Waals surface area contributed by atoms with Crippen molar-refractivity contribution in [2.45, 2.75) is 85.0 Å². The molecule has 0 saturated heterocycles. The third-order valence-corrected chi connectivity index (χ3v) is 3.41. The van der Waals surface area contributed by atoms with Crippen molar-refractivity contribution in [3.8, 4) is 0 Å². The van der Waals surface area contributed by atoms with E-state index in [-0.39, 0.29) is 11.1 Å². The van der Waals surface area contributed by atoms with Crippen LogP contribution in [-0.4, -0.2) is 48.3 Å². The summed E-state index contributed by atoms with van der Waals surface area (Å²) in [6.45, 7) is 19.4.